The zero-order chi connectivity index (χ0) is 15.6. The maximum Gasteiger partial charge on any atom is 0.0991 e. The Bertz CT molecular complexity index is 793. The first kappa shape index (κ1) is 13.8. The zero-order valence-electron chi connectivity index (χ0n) is 12.9. The van der Waals surface area contributed by atoms with Crippen molar-refractivity contribution in [2.24, 2.45) is 0 Å². The Morgan fingerprint density at radius 1 is 1.13 bits per heavy atom. The molecule has 0 amide bonds. The maximum absolute atomic E-state index is 8.86. The van der Waals surface area contributed by atoms with Crippen molar-refractivity contribution in [2.45, 2.75) is 19.4 Å². The quantitative estimate of drug-likeness (QED) is 0.875. The lowest BCUT2D eigenvalue weighted by Crippen LogP contribution is -2.26. The van der Waals surface area contributed by atoms with Crippen LogP contribution >= 0.6 is 0 Å². The third-order valence-corrected chi connectivity index (χ3v) is 4.52. The number of aromatic nitrogens is 2. The van der Waals surface area contributed by atoms with Crippen molar-refractivity contribution in [2.75, 3.05) is 13.1 Å². The minimum atomic E-state index is 0.699. The fraction of sp³-hybridized carbons (Fsp3) is 0.263. The monoisotopic (exact) mass is 302 g/mol. The van der Waals surface area contributed by atoms with Gasteiger partial charge >= 0.3 is 0 Å². The number of allylic oxidation sites excluding steroid dienone is 3. The van der Waals surface area contributed by atoms with Crippen LogP contribution in [0.4, 0.5) is 0 Å². The van der Waals surface area contributed by atoms with Crippen molar-refractivity contribution in [3.63, 3.8) is 0 Å². The van der Waals surface area contributed by atoms with Crippen LogP contribution in [0.5, 0.6) is 0 Å². The smallest absolute Gasteiger partial charge is 0.0991 e. The van der Waals surface area contributed by atoms with E-state index >= 15 is 0 Å². The highest BCUT2D eigenvalue weighted by Gasteiger charge is 2.18. The van der Waals surface area contributed by atoms with Crippen LogP contribution < -0.4 is 0 Å². The summed E-state index contributed by atoms with van der Waals surface area (Å²) in [4.78, 5) is 2.44. The van der Waals surface area contributed by atoms with Gasteiger partial charge in [-0.15, -0.1) is 0 Å². The second-order valence-corrected chi connectivity index (χ2v) is 6.05. The minimum absolute atomic E-state index is 0.699. The van der Waals surface area contributed by atoms with E-state index in [2.05, 4.69) is 35.4 Å². The second-order valence-electron chi connectivity index (χ2n) is 6.05. The highest BCUT2D eigenvalue weighted by Crippen LogP contribution is 2.21. The van der Waals surface area contributed by atoms with Gasteiger partial charge in [-0.05, 0) is 41.8 Å². The van der Waals surface area contributed by atoms with E-state index < -0.39 is 0 Å². The Morgan fingerprint density at radius 2 is 1.91 bits per heavy atom. The predicted octanol–water partition coefficient (Wildman–Crippen LogP) is 2.66. The standard InChI is InChI=1S/C19H18N4/c20-12-15-4-6-16(7-5-15)13-23-14-17-8-10-22(18-2-1-3-18)11-9-19(17)21-23/h1-7,14H,8-11,13H2. The summed E-state index contributed by atoms with van der Waals surface area (Å²) in [6, 6.07) is 9.88. The van der Waals surface area contributed by atoms with E-state index in [1.165, 1.54) is 22.5 Å². The molecule has 0 unspecified atom stereocenters. The number of hydrogen-bond acceptors (Lipinski definition) is 3. The maximum atomic E-state index is 8.86. The van der Waals surface area contributed by atoms with Crippen LogP contribution in [0.25, 0.3) is 0 Å². The van der Waals surface area contributed by atoms with Crippen LogP contribution in [0, 0.1) is 11.3 Å². The molecule has 0 bridgehead atoms. The van der Waals surface area contributed by atoms with Gasteiger partial charge in [0.1, 0.15) is 0 Å². The molecular weight excluding hydrogens is 284 g/mol. The molecule has 4 heteroatoms. The van der Waals surface area contributed by atoms with Gasteiger partial charge in [0.25, 0.3) is 0 Å². The number of fused-ring (bicyclic) bond motifs is 1. The first-order chi connectivity index (χ1) is 11.3. The van der Waals surface area contributed by atoms with E-state index in [4.69, 9.17) is 10.4 Å². The van der Waals surface area contributed by atoms with Gasteiger partial charge in [-0.25, -0.2) is 0 Å². The summed E-state index contributed by atoms with van der Waals surface area (Å²) in [5, 5.41) is 13.6. The zero-order valence-corrected chi connectivity index (χ0v) is 12.9. The molecule has 1 aromatic heterocycles. The van der Waals surface area contributed by atoms with Crippen LogP contribution in [0.15, 0.2) is 54.4 Å². The lowest BCUT2D eigenvalue weighted by molar-refractivity contribution is 0.367. The fourth-order valence-corrected chi connectivity index (χ4v) is 3.13. The van der Waals surface area contributed by atoms with E-state index in [1.807, 2.05) is 28.9 Å². The molecular formula is C19H18N4. The molecule has 2 aliphatic rings. The summed E-state index contributed by atoms with van der Waals surface area (Å²) in [7, 11) is 0. The van der Waals surface area contributed by atoms with Crippen molar-refractivity contribution < 1.29 is 0 Å². The van der Waals surface area contributed by atoms with E-state index in [0.29, 0.717) is 5.56 Å². The van der Waals surface area contributed by atoms with Crippen LogP contribution in [-0.2, 0) is 19.4 Å². The normalized spacial score (nSPS) is 16.1. The van der Waals surface area contributed by atoms with Gasteiger partial charge in [-0.1, -0.05) is 18.2 Å². The highest BCUT2D eigenvalue weighted by molar-refractivity contribution is 5.35. The fourth-order valence-electron chi connectivity index (χ4n) is 3.13. The van der Waals surface area contributed by atoms with Crippen molar-refractivity contribution >= 4 is 0 Å². The number of nitriles is 1. The summed E-state index contributed by atoms with van der Waals surface area (Å²) in [5.74, 6) is 0. The Hall–Kier alpha value is -2.80. The van der Waals surface area contributed by atoms with Gasteiger partial charge in [-0.3, -0.25) is 4.68 Å². The summed E-state index contributed by atoms with van der Waals surface area (Å²) >= 11 is 0. The predicted molar refractivity (Wildman–Crippen MR) is 88.7 cm³/mol. The van der Waals surface area contributed by atoms with Crippen LogP contribution in [-0.4, -0.2) is 27.8 Å². The molecule has 4 rings (SSSR count). The SMILES string of the molecule is N#Cc1ccc(Cn2cc3c(n2)CCN(C2=CC=C2)CC3)cc1. The van der Waals surface area contributed by atoms with Gasteiger partial charge in [-0.2, -0.15) is 10.4 Å². The summed E-state index contributed by atoms with van der Waals surface area (Å²) in [5.41, 5.74) is 5.81. The molecule has 0 spiro atoms. The first-order valence-corrected chi connectivity index (χ1v) is 7.99. The molecule has 1 aliphatic heterocycles. The van der Waals surface area contributed by atoms with E-state index in [9.17, 15) is 0 Å². The number of hydrogen-bond donors (Lipinski definition) is 0. The number of nitrogens with zero attached hydrogens (tertiary/aromatic N) is 4. The molecule has 0 radical (unpaired) electrons. The second kappa shape index (κ2) is 5.77. The molecule has 2 aromatic rings. The van der Waals surface area contributed by atoms with Crippen molar-refractivity contribution in [1.29, 1.82) is 5.26 Å². The Kier molecular flexibility index (Phi) is 3.47. The Balaban J connectivity index is 1.46. The molecule has 0 fully saturated rings. The lowest BCUT2D eigenvalue weighted by Gasteiger charge is -2.26. The van der Waals surface area contributed by atoms with E-state index in [1.54, 1.807) is 0 Å². The number of rotatable bonds is 3. The largest absolute Gasteiger partial charge is 0.371 e. The van der Waals surface area contributed by atoms with Gasteiger partial charge in [0.15, 0.2) is 0 Å². The molecule has 0 N–H and O–H groups in total. The van der Waals surface area contributed by atoms with Gasteiger partial charge in [0.05, 0.1) is 23.9 Å². The molecule has 23 heavy (non-hydrogen) atoms. The molecule has 0 saturated heterocycles. The third kappa shape index (κ3) is 2.78. The molecule has 2 heterocycles. The summed E-state index contributed by atoms with van der Waals surface area (Å²) in [6.45, 7) is 2.86. The van der Waals surface area contributed by atoms with Gasteiger partial charge < -0.3 is 4.90 Å². The van der Waals surface area contributed by atoms with E-state index in [0.717, 1.165) is 32.5 Å². The topological polar surface area (TPSA) is 44.9 Å². The Morgan fingerprint density at radius 3 is 2.61 bits per heavy atom. The number of benzene rings is 1. The van der Waals surface area contributed by atoms with Crippen LogP contribution in [0.3, 0.4) is 0 Å². The lowest BCUT2D eigenvalue weighted by atomic mass is 10.1. The molecule has 1 aromatic carbocycles. The molecule has 114 valence electrons. The molecule has 4 nitrogen and oxygen atoms in total. The van der Waals surface area contributed by atoms with Crippen LogP contribution in [0.2, 0.25) is 0 Å². The first-order valence-electron chi connectivity index (χ1n) is 7.99. The summed E-state index contributed by atoms with van der Waals surface area (Å²) in [6.07, 6.45) is 10.7. The van der Waals surface area contributed by atoms with Crippen molar-refractivity contribution in [1.82, 2.24) is 14.7 Å². The van der Waals surface area contributed by atoms with E-state index in [-0.39, 0.29) is 0 Å². The molecule has 1 aliphatic carbocycles. The summed E-state index contributed by atoms with van der Waals surface area (Å²) < 4.78 is 2.03. The average Bonchev–Trinajstić information content (AvgIpc) is 2.81. The minimum Gasteiger partial charge on any atom is -0.371 e. The molecule has 0 saturated carbocycles. The van der Waals surface area contributed by atoms with Gasteiger partial charge in [0.2, 0.25) is 0 Å². The average molecular weight is 302 g/mol. The highest BCUT2D eigenvalue weighted by atomic mass is 15.3. The van der Waals surface area contributed by atoms with Crippen molar-refractivity contribution in [3.05, 3.63) is 76.8 Å². The Labute approximate surface area is 136 Å². The van der Waals surface area contributed by atoms with Crippen LogP contribution in [0.1, 0.15) is 22.4 Å². The molecule has 0 atom stereocenters. The van der Waals surface area contributed by atoms with Gasteiger partial charge in [0, 0.05) is 31.4 Å². The third-order valence-electron chi connectivity index (χ3n) is 4.52. The van der Waals surface area contributed by atoms with Crippen molar-refractivity contribution in [3.8, 4) is 6.07 Å².